The third-order valence-electron chi connectivity index (χ3n) is 3.93. The van der Waals surface area contributed by atoms with Crippen LogP contribution in [0.4, 0.5) is 0 Å². The maximum atomic E-state index is 12.4. The number of thioether (sulfide) groups is 1. The number of para-hydroxylation sites is 1. The average Bonchev–Trinajstić information content (AvgIpc) is 3.40. The Kier molecular flexibility index (Phi) is 5.15. The number of aryl methyl sites for hydroxylation is 1. The van der Waals surface area contributed by atoms with E-state index in [9.17, 15) is 4.79 Å². The molecule has 4 rings (SSSR count). The van der Waals surface area contributed by atoms with E-state index in [4.69, 9.17) is 16.0 Å². The standard InChI is InChI=1S/C19H14ClN3O2S2/c1-12-14(9-10-25-12)18-21-22-19(23(18)13-5-3-2-4-6-13)26-11-15(24)16-7-8-17(20)27-16/h2-10H,11H2,1H3. The van der Waals surface area contributed by atoms with E-state index < -0.39 is 0 Å². The second-order valence-electron chi connectivity index (χ2n) is 5.68. The fourth-order valence-corrected chi connectivity index (χ4v) is 4.54. The number of ketones is 1. The lowest BCUT2D eigenvalue weighted by molar-refractivity contribution is 0.102. The normalized spacial score (nSPS) is 11.0. The highest BCUT2D eigenvalue weighted by molar-refractivity contribution is 7.99. The maximum absolute atomic E-state index is 12.4. The van der Waals surface area contributed by atoms with Crippen LogP contribution in [0, 0.1) is 6.92 Å². The highest BCUT2D eigenvalue weighted by Gasteiger charge is 2.20. The minimum atomic E-state index is 0.0144. The maximum Gasteiger partial charge on any atom is 0.196 e. The van der Waals surface area contributed by atoms with Crippen LogP contribution in [0.3, 0.4) is 0 Å². The van der Waals surface area contributed by atoms with E-state index in [1.54, 1.807) is 18.4 Å². The fourth-order valence-electron chi connectivity index (χ4n) is 2.63. The molecule has 0 aliphatic rings. The fraction of sp³-hybridized carbons (Fsp3) is 0.105. The molecule has 0 unspecified atom stereocenters. The average molecular weight is 416 g/mol. The Balaban J connectivity index is 1.68. The third kappa shape index (κ3) is 3.71. The number of rotatable bonds is 6. The molecule has 27 heavy (non-hydrogen) atoms. The Bertz CT molecular complexity index is 1090. The van der Waals surface area contributed by atoms with Crippen molar-refractivity contribution in [3.05, 3.63) is 69.8 Å². The van der Waals surface area contributed by atoms with Gasteiger partial charge in [-0.3, -0.25) is 9.36 Å². The first-order valence-electron chi connectivity index (χ1n) is 8.10. The molecule has 0 saturated carbocycles. The summed E-state index contributed by atoms with van der Waals surface area (Å²) in [7, 11) is 0. The Hall–Kier alpha value is -2.35. The van der Waals surface area contributed by atoms with Crippen LogP contribution in [0.5, 0.6) is 0 Å². The molecule has 3 heterocycles. The summed E-state index contributed by atoms with van der Waals surface area (Å²) in [5, 5.41) is 9.32. The summed E-state index contributed by atoms with van der Waals surface area (Å²) in [5.41, 5.74) is 1.79. The van der Waals surface area contributed by atoms with E-state index in [2.05, 4.69) is 10.2 Å². The van der Waals surface area contributed by atoms with Crippen molar-refractivity contribution in [1.82, 2.24) is 14.8 Å². The monoisotopic (exact) mass is 415 g/mol. The number of carbonyl (C=O) groups excluding carboxylic acids is 1. The molecule has 4 aromatic rings. The van der Waals surface area contributed by atoms with E-state index in [-0.39, 0.29) is 11.5 Å². The number of carbonyl (C=O) groups is 1. The molecule has 0 amide bonds. The number of nitrogens with zero attached hydrogens (tertiary/aromatic N) is 3. The van der Waals surface area contributed by atoms with Crippen LogP contribution in [-0.2, 0) is 0 Å². The van der Waals surface area contributed by atoms with Crippen molar-refractivity contribution in [2.45, 2.75) is 12.1 Å². The zero-order chi connectivity index (χ0) is 18.8. The van der Waals surface area contributed by atoms with E-state index in [0.29, 0.717) is 20.2 Å². The van der Waals surface area contributed by atoms with Crippen LogP contribution in [0.25, 0.3) is 17.1 Å². The van der Waals surface area contributed by atoms with Gasteiger partial charge in [-0.15, -0.1) is 21.5 Å². The lowest BCUT2D eigenvalue weighted by Gasteiger charge is -2.09. The molecule has 8 heteroatoms. The number of furan rings is 1. The smallest absolute Gasteiger partial charge is 0.196 e. The van der Waals surface area contributed by atoms with Crippen LogP contribution in [0.2, 0.25) is 4.34 Å². The van der Waals surface area contributed by atoms with Crippen molar-refractivity contribution in [2.24, 2.45) is 0 Å². The van der Waals surface area contributed by atoms with Gasteiger partial charge in [0.25, 0.3) is 0 Å². The molecule has 136 valence electrons. The van der Waals surface area contributed by atoms with Crippen LogP contribution in [0.1, 0.15) is 15.4 Å². The number of Topliss-reactive ketones (excluding diaryl/α,β-unsaturated/α-hetero) is 1. The zero-order valence-electron chi connectivity index (χ0n) is 14.3. The van der Waals surface area contributed by atoms with Gasteiger partial charge in [0.15, 0.2) is 16.8 Å². The molecule has 0 N–H and O–H groups in total. The molecule has 0 radical (unpaired) electrons. The van der Waals surface area contributed by atoms with Gasteiger partial charge in [0.05, 0.1) is 26.8 Å². The summed E-state index contributed by atoms with van der Waals surface area (Å²) < 4.78 is 7.97. The van der Waals surface area contributed by atoms with E-state index in [0.717, 1.165) is 17.0 Å². The van der Waals surface area contributed by atoms with E-state index in [1.807, 2.05) is 47.9 Å². The van der Waals surface area contributed by atoms with Gasteiger partial charge in [-0.2, -0.15) is 0 Å². The van der Waals surface area contributed by atoms with Crippen LogP contribution in [-0.4, -0.2) is 26.3 Å². The topological polar surface area (TPSA) is 60.9 Å². The molecule has 0 fully saturated rings. The minimum Gasteiger partial charge on any atom is -0.469 e. The van der Waals surface area contributed by atoms with Crippen molar-refractivity contribution in [3.8, 4) is 17.1 Å². The Morgan fingerprint density at radius 2 is 2.00 bits per heavy atom. The summed E-state index contributed by atoms with van der Waals surface area (Å²) >= 11 is 8.56. The summed E-state index contributed by atoms with van der Waals surface area (Å²) in [5.74, 6) is 1.72. The quantitative estimate of drug-likeness (QED) is 0.306. The minimum absolute atomic E-state index is 0.0144. The first-order valence-corrected chi connectivity index (χ1v) is 10.3. The Labute approximate surface area is 169 Å². The van der Waals surface area contributed by atoms with Gasteiger partial charge < -0.3 is 4.42 Å². The van der Waals surface area contributed by atoms with Gasteiger partial charge in [0.1, 0.15) is 5.76 Å². The van der Waals surface area contributed by atoms with Crippen molar-refractivity contribution in [2.75, 3.05) is 5.75 Å². The first kappa shape index (κ1) is 18.0. The van der Waals surface area contributed by atoms with Crippen molar-refractivity contribution in [3.63, 3.8) is 0 Å². The Morgan fingerprint density at radius 3 is 2.67 bits per heavy atom. The van der Waals surface area contributed by atoms with Gasteiger partial charge in [-0.05, 0) is 37.3 Å². The van der Waals surface area contributed by atoms with E-state index >= 15 is 0 Å². The molecule has 0 aliphatic heterocycles. The molecule has 0 bridgehead atoms. The number of thiophene rings is 1. The predicted octanol–water partition coefficient (Wildman–Crippen LogP) is 5.53. The second-order valence-corrected chi connectivity index (χ2v) is 8.34. The molecule has 3 aromatic heterocycles. The molecule has 0 spiro atoms. The molecule has 1 aromatic carbocycles. The number of halogens is 1. The molecule has 0 saturated heterocycles. The van der Waals surface area contributed by atoms with Gasteiger partial charge in [-0.25, -0.2) is 0 Å². The molecule has 5 nitrogen and oxygen atoms in total. The highest BCUT2D eigenvalue weighted by Crippen LogP contribution is 2.31. The molecular weight excluding hydrogens is 402 g/mol. The van der Waals surface area contributed by atoms with Crippen molar-refractivity contribution >= 4 is 40.5 Å². The molecule has 0 aliphatic carbocycles. The summed E-state index contributed by atoms with van der Waals surface area (Å²) in [4.78, 5) is 13.1. The number of aromatic nitrogens is 3. The predicted molar refractivity (Wildman–Crippen MR) is 108 cm³/mol. The van der Waals surface area contributed by atoms with Crippen molar-refractivity contribution < 1.29 is 9.21 Å². The molecular formula is C19H14ClN3O2S2. The van der Waals surface area contributed by atoms with Gasteiger partial charge in [0.2, 0.25) is 0 Å². The third-order valence-corrected chi connectivity index (χ3v) is 6.13. The SMILES string of the molecule is Cc1occc1-c1nnc(SCC(=O)c2ccc(Cl)s2)n1-c1ccccc1. The summed E-state index contributed by atoms with van der Waals surface area (Å²) in [6.07, 6.45) is 1.63. The number of hydrogen-bond donors (Lipinski definition) is 0. The number of benzene rings is 1. The van der Waals surface area contributed by atoms with Gasteiger partial charge >= 0.3 is 0 Å². The largest absolute Gasteiger partial charge is 0.469 e. The second kappa shape index (κ2) is 7.72. The van der Waals surface area contributed by atoms with Crippen LogP contribution >= 0.6 is 34.7 Å². The zero-order valence-corrected chi connectivity index (χ0v) is 16.6. The van der Waals surface area contributed by atoms with Crippen LogP contribution < -0.4 is 0 Å². The number of hydrogen-bond acceptors (Lipinski definition) is 6. The van der Waals surface area contributed by atoms with Gasteiger partial charge in [0, 0.05) is 5.69 Å². The first-order chi connectivity index (χ1) is 13.1. The lowest BCUT2D eigenvalue weighted by atomic mass is 10.2. The van der Waals surface area contributed by atoms with E-state index in [1.165, 1.54) is 23.1 Å². The van der Waals surface area contributed by atoms with Crippen LogP contribution in [0.15, 0.2) is 64.4 Å². The molecule has 0 atom stereocenters. The highest BCUT2D eigenvalue weighted by atomic mass is 35.5. The summed E-state index contributed by atoms with van der Waals surface area (Å²) in [6, 6.07) is 15.2. The Morgan fingerprint density at radius 1 is 1.19 bits per heavy atom. The summed E-state index contributed by atoms with van der Waals surface area (Å²) in [6.45, 7) is 1.89. The lowest BCUT2D eigenvalue weighted by Crippen LogP contribution is -2.03. The van der Waals surface area contributed by atoms with Gasteiger partial charge in [-0.1, -0.05) is 41.6 Å². The van der Waals surface area contributed by atoms with Crippen molar-refractivity contribution in [1.29, 1.82) is 0 Å².